The SMILES string of the molecule is N#C/C(=C\c1cccc(O)c1)C(=O)N1CCC(Nc2nc(N)c(C(=O)c3c(F)cccc3F)s2)CC1.O=C(O)C(F)(F)F. The fourth-order valence-corrected chi connectivity index (χ4v) is 4.79. The summed E-state index contributed by atoms with van der Waals surface area (Å²) < 4.78 is 59.8. The predicted molar refractivity (Wildman–Crippen MR) is 145 cm³/mol. The molecule has 5 N–H and O–H groups in total. The van der Waals surface area contributed by atoms with Crippen molar-refractivity contribution < 1.29 is 46.5 Å². The molecule has 10 nitrogen and oxygen atoms in total. The molecule has 1 aliphatic rings. The van der Waals surface area contributed by atoms with Gasteiger partial charge in [-0.1, -0.05) is 29.5 Å². The molecule has 4 rings (SSSR count). The number of alkyl halides is 3. The molecular weight excluding hydrogens is 601 g/mol. The van der Waals surface area contributed by atoms with Crippen molar-refractivity contribution in [1.29, 1.82) is 5.26 Å². The predicted octanol–water partition coefficient (Wildman–Crippen LogP) is 4.58. The van der Waals surface area contributed by atoms with E-state index < -0.39 is 41.0 Å². The maximum Gasteiger partial charge on any atom is 0.490 e. The van der Waals surface area contributed by atoms with Crippen LogP contribution in [-0.2, 0) is 9.59 Å². The molecule has 43 heavy (non-hydrogen) atoms. The van der Waals surface area contributed by atoms with E-state index in [1.807, 2.05) is 6.07 Å². The number of phenols is 1. The molecule has 0 bridgehead atoms. The highest BCUT2D eigenvalue weighted by Crippen LogP contribution is 2.30. The van der Waals surface area contributed by atoms with Gasteiger partial charge in [0, 0.05) is 19.1 Å². The first-order valence-corrected chi connectivity index (χ1v) is 13.0. The quantitative estimate of drug-likeness (QED) is 0.133. The fraction of sp³-hybridized carbons (Fsp3) is 0.222. The second kappa shape index (κ2) is 13.7. The molecule has 2 aromatic carbocycles. The van der Waals surface area contributed by atoms with Crippen LogP contribution in [0.5, 0.6) is 5.75 Å². The summed E-state index contributed by atoms with van der Waals surface area (Å²) >= 11 is 0.908. The summed E-state index contributed by atoms with van der Waals surface area (Å²) in [5, 5.41) is 29.7. The van der Waals surface area contributed by atoms with E-state index in [2.05, 4.69) is 10.3 Å². The number of rotatable bonds is 6. The number of carbonyl (C=O) groups is 3. The number of aliphatic carboxylic acids is 1. The van der Waals surface area contributed by atoms with Crippen molar-refractivity contribution in [2.45, 2.75) is 25.1 Å². The van der Waals surface area contributed by atoms with Gasteiger partial charge in [0.05, 0.1) is 5.56 Å². The van der Waals surface area contributed by atoms with Crippen LogP contribution in [0.1, 0.15) is 33.6 Å². The maximum atomic E-state index is 14.0. The Morgan fingerprint density at radius 1 is 1.12 bits per heavy atom. The fourth-order valence-electron chi connectivity index (χ4n) is 3.88. The molecule has 1 aromatic heterocycles. The highest BCUT2D eigenvalue weighted by molar-refractivity contribution is 7.18. The van der Waals surface area contributed by atoms with Crippen LogP contribution in [0.25, 0.3) is 6.08 Å². The number of nitrogen functional groups attached to an aromatic ring is 1. The third-order valence-corrected chi connectivity index (χ3v) is 6.93. The van der Waals surface area contributed by atoms with E-state index in [1.54, 1.807) is 17.0 Å². The average molecular weight is 624 g/mol. The first-order chi connectivity index (χ1) is 20.2. The number of benzene rings is 2. The van der Waals surface area contributed by atoms with Gasteiger partial charge in [0.25, 0.3) is 5.91 Å². The number of hydrogen-bond acceptors (Lipinski definition) is 9. The van der Waals surface area contributed by atoms with Gasteiger partial charge in [0.15, 0.2) is 5.13 Å². The van der Waals surface area contributed by atoms with Gasteiger partial charge < -0.3 is 26.2 Å². The third kappa shape index (κ3) is 8.49. The van der Waals surface area contributed by atoms with E-state index in [0.717, 1.165) is 23.5 Å². The number of nitriles is 1. The molecule has 0 unspecified atom stereocenters. The number of piperidine rings is 1. The van der Waals surface area contributed by atoms with Crippen LogP contribution < -0.4 is 11.1 Å². The number of ketones is 1. The van der Waals surface area contributed by atoms with Crippen LogP contribution in [0.2, 0.25) is 0 Å². The third-order valence-electron chi connectivity index (χ3n) is 5.93. The summed E-state index contributed by atoms with van der Waals surface area (Å²) in [5.74, 6) is -6.09. The molecule has 0 aliphatic carbocycles. The van der Waals surface area contributed by atoms with Crippen molar-refractivity contribution >= 4 is 46.0 Å². The molecule has 1 saturated heterocycles. The number of aromatic hydroxyl groups is 1. The van der Waals surface area contributed by atoms with Crippen molar-refractivity contribution in [2.75, 3.05) is 24.1 Å². The number of nitrogens with two attached hydrogens (primary N) is 1. The Bertz CT molecular complexity index is 1570. The standard InChI is InChI=1S/C25H21F2N5O3S.C2HF3O2/c26-18-5-2-6-19(27)20(18)21(34)22-23(29)31-25(36-22)30-16-7-9-32(10-8-16)24(35)15(13-28)11-14-3-1-4-17(33)12-14;3-2(4,5)1(6)7/h1-6,11-12,16,33H,7-10,29H2,(H,30,31);(H,6,7)/b15-11+;. The molecule has 2 heterocycles. The first kappa shape index (κ1) is 32.5. The van der Waals surface area contributed by atoms with Crippen LogP contribution >= 0.6 is 11.3 Å². The van der Waals surface area contributed by atoms with E-state index in [-0.39, 0.29) is 28.1 Å². The zero-order valence-electron chi connectivity index (χ0n) is 21.9. The van der Waals surface area contributed by atoms with E-state index >= 15 is 0 Å². The number of nitrogens with zero attached hydrogens (tertiary/aromatic N) is 3. The second-order valence-corrected chi connectivity index (χ2v) is 9.94. The number of carboxylic acid groups (broad SMARTS) is 1. The lowest BCUT2D eigenvalue weighted by molar-refractivity contribution is -0.192. The lowest BCUT2D eigenvalue weighted by Crippen LogP contribution is -2.42. The molecule has 16 heteroatoms. The largest absolute Gasteiger partial charge is 0.508 e. The summed E-state index contributed by atoms with van der Waals surface area (Å²) in [6.07, 6.45) is -2.57. The number of amides is 1. The van der Waals surface area contributed by atoms with Crippen molar-refractivity contribution in [3.8, 4) is 11.8 Å². The van der Waals surface area contributed by atoms with Gasteiger partial charge in [-0.15, -0.1) is 0 Å². The minimum Gasteiger partial charge on any atom is -0.508 e. The summed E-state index contributed by atoms with van der Waals surface area (Å²) in [5.41, 5.74) is 5.68. The van der Waals surface area contributed by atoms with Crippen LogP contribution in [0.15, 0.2) is 48.0 Å². The Kier molecular flexibility index (Phi) is 10.4. The van der Waals surface area contributed by atoms with E-state index in [4.69, 9.17) is 15.6 Å². The minimum absolute atomic E-state index is 0.0343. The van der Waals surface area contributed by atoms with Gasteiger partial charge >= 0.3 is 12.1 Å². The number of likely N-dealkylation sites (tertiary alicyclic amines) is 1. The van der Waals surface area contributed by atoms with Gasteiger partial charge in [0.2, 0.25) is 5.78 Å². The van der Waals surface area contributed by atoms with Crippen LogP contribution in [0.3, 0.4) is 0 Å². The zero-order valence-corrected chi connectivity index (χ0v) is 22.7. The summed E-state index contributed by atoms with van der Waals surface area (Å²) in [4.78, 5) is 40.0. The number of halogens is 5. The van der Waals surface area contributed by atoms with Gasteiger partial charge in [-0.05, 0) is 48.7 Å². The molecule has 0 atom stereocenters. The van der Waals surface area contributed by atoms with E-state index in [9.17, 15) is 41.9 Å². The number of carbonyl (C=O) groups excluding carboxylic acids is 2. The number of carboxylic acids is 1. The topological polar surface area (TPSA) is 170 Å². The molecular formula is C27H22F5N5O5S. The smallest absolute Gasteiger partial charge is 0.490 e. The molecule has 0 spiro atoms. The number of aromatic nitrogens is 1. The number of thiazole rings is 1. The molecule has 226 valence electrons. The molecule has 1 aliphatic heterocycles. The average Bonchev–Trinajstić information content (AvgIpc) is 3.31. The lowest BCUT2D eigenvalue weighted by atomic mass is 10.0. The van der Waals surface area contributed by atoms with Crippen LogP contribution in [0, 0.1) is 23.0 Å². The Hall–Kier alpha value is -5.04. The van der Waals surface area contributed by atoms with Gasteiger partial charge in [-0.25, -0.2) is 18.6 Å². The van der Waals surface area contributed by atoms with Crippen molar-refractivity contribution in [1.82, 2.24) is 9.88 Å². The highest BCUT2D eigenvalue weighted by atomic mass is 32.1. The Balaban J connectivity index is 0.000000646. The summed E-state index contributed by atoms with van der Waals surface area (Å²) in [6.45, 7) is 0.755. The monoisotopic (exact) mass is 623 g/mol. The Labute approximate surface area is 244 Å². The molecule has 1 amide bonds. The normalized spacial score (nSPS) is 13.9. The molecule has 1 fully saturated rings. The van der Waals surface area contributed by atoms with E-state index in [1.165, 1.54) is 24.3 Å². The van der Waals surface area contributed by atoms with Crippen molar-refractivity contribution in [3.63, 3.8) is 0 Å². The van der Waals surface area contributed by atoms with Crippen LogP contribution in [0.4, 0.5) is 32.9 Å². The second-order valence-electron chi connectivity index (χ2n) is 8.94. The summed E-state index contributed by atoms with van der Waals surface area (Å²) in [6, 6.07) is 11.3. The Morgan fingerprint density at radius 2 is 1.70 bits per heavy atom. The maximum absolute atomic E-state index is 14.0. The van der Waals surface area contributed by atoms with Gasteiger partial charge in [-0.2, -0.15) is 18.4 Å². The highest BCUT2D eigenvalue weighted by Gasteiger charge is 2.38. The van der Waals surface area contributed by atoms with E-state index in [0.29, 0.717) is 36.6 Å². The first-order valence-electron chi connectivity index (χ1n) is 12.2. The molecule has 0 radical (unpaired) electrons. The van der Waals surface area contributed by atoms with Crippen LogP contribution in [-0.4, -0.2) is 63.1 Å². The Morgan fingerprint density at radius 3 is 2.23 bits per heavy atom. The number of nitrogens with one attached hydrogen (secondary N) is 1. The number of hydrogen-bond donors (Lipinski definition) is 4. The van der Waals surface area contributed by atoms with Crippen molar-refractivity contribution in [2.24, 2.45) is 0 Å². The zero-order chi connectivity index (χ0) is 31.9. The lowest BCUT2D eigenvalue weighted by Gasteiger charge is -2.32. The number of phenolic OH excluding ortho intramolecular Hbond substituents is 1. The summed E-state index contributed by atoms with van der Waals surface area (Å²) in [7, 11) is 0. The van der Waals surface area contributed by atoms with Crippen molar-refractivity contribution in [3.05, 3.63) is 75.7 Å². The molecule has 3 aromatic rings. The molecule has 0 saturated carbocycles. The minimum atomic E-state index is -5.08. The van der Waals surface area contributed by atoms with Gasteiger partial charge in [0.1, 0.15) is 39.7 Å². The van der Waals surface area contributed by atoms with Gasteiger partial charge in [-0.3, -0.25) is 9.59 Å². The number of anilines is 2.